The fourth-order valence-electron chi connectivity index (χ4n) is 2.02. The molecule has 18 heavy (non-hydrogen) atoms. The maximum atomic E-state index is 12.2. The van der Waals surface area contributed by atoms with E-state index in [0.717, 1.165) is 22.3 Å². The van der Waals surface area contributed by atoms with Gasteiger partial charge in [0.05, 0.1) is 0 Å². The molecule has 2 rings (SSSR count). The van der Waals surface area contributed by atoms with Gasteiger partial charge in [-0.1, -0.05) is 54.6 Å². The number of ketones is 1. The van der Waals surface area contributed by atoms with Crippen LogP contribution in [0.25, 0.3) is 6.08 Å². The molecule has 0 aliphatic carbocycles. The van der Waals surface area contributed by atoms with Gasteiger partial charge < -0.3 is 0 Å². The molecule has 0 atom stereocenters. The van der Waals surface area contributed by atoms with Gasteiger partial charge in [-0.25, -0.2) is 0 Å². The van der Waals surface area contributed by atoms with Gasteiger partial charge in [-0.15, -0.1) is 0 Å². The predicted octanol–water partition coefficient (Wildman–Crippen LogP) is 4.20. The van der Waals surface area contributed by atoms with Gasteiger partial charge in [0.25, 0.3) is 0 Å². The monoisotopic (exact) mass is 236 g/mol. The van der Waals surface area contributed by atoms with Crippen molar-refractivity contribution in [2.24, 2.45) is 0 Å². The number of allylic oxidation sites excluding steroid dienone is 1. The second-order valence-corrected chi connectivity index (χ2v) is 4.38. The number of aryl methyl sites for hydroxylation is 2. The van der Waals surface area contributed by atoms with Crippen LogP contribution < -0.4 is 0 Å². The minimum absolute atomic E-state index is 0.0643. The summed E-state index contributed by atoms with van der Waals surface area (Å²) >= 11 is 0. The Balaban J connectivity index is 2.26. The molecule has 0 amide bonds. The zero-order valence-electron chi connectivity index (χ0n) is 10.7. The zero-order valence-corrected chi connectivity index (χ0v) is 10.7. The third-order valence-corrected chi connectivity index (χ3v) is 2.95. The highest BCUT2D eigenvalue weighted by molar-refractivity contribution is 6.08. The van der Waals surface area contributed by atoms with Crippen LogP contribution in [0, 0.1) is 13.8 Å². The normalized spacial score (nSPS) is 10.8. The summed E-state index contributed by atoms with van der Waals surface area (Å²) in [6.07, 6.45) is 3.50. The Kier molecular flexibility index (Phi) is 3.73. The molecule has 90 valence electrons. The first kappa shape index (κ1) is 12.3. The summed E-state index contributed by atoms with van der Waals surface area (Å²) in [5.41, 5.74) is 3.90. The molecule has 1 heteroatoms. The molecule has 1 nitrogen and oxygen atoms in total. The van der Waals surface area contributed by atoms with Gasteiger partial charge in [-0.2, -0.15) is 0 Å². The lowest BCUT2D eigenvalue weighted by Gasteiger charge is -2.05. The maximum Gasteiger partial charge on any atom is 0.186 e. The minimum atomic E-state index is 0.0643. The van der Waals surface area contributed by atoms with Crippen molar-refractivity contribution in [3.63, 3.8) is 0 Å². The van der Waals surface area contributed by atoms with Crippen LogP contribution in [-0.4, -0.2) is 5.78 Å². The molecule has 0 heterocycles. The summed E-state index contributed by atoms with van der Waals surface area (Å²) in [6.45, 7) is 3.94. The van der Waals surface area contributed by atoms with E-state index >= 15 is 0 Å². The molecule has 0 fully saturated rings. The van der Waals surface area contributed by atoms with E-state index in [2.05, 4.69) is 0 Å². The standard InChI is InChI=1S/C17H16O/c1-13-7-6-8-14(2)17(13)16(18)12-11-15-9-4-3-5-10-15/h3-12H,1-2H3/b12-11-. The van der Waals surface area contributed by atoms with Gasteiger partial charge >= 0.3 is 0 Å². The number of carbonyl (C=O) groups excluding carboxylic acids is 1. The summed E-state index contributed by atoms with van der Waals surface area (Å²) in [6, 6.07) is 15.8. The topological polar surface area (TPSA) is 17.1 Å². The Morgan fingerprint density at radius 2 is 1.50 bits per heavy atom. The number of carbonyl (C=O) groups is 1. The first-order valence-electron chi connectivity index (χ1n) is 6.02. The number of rotatable bonds is 3. The van der Waals surface area contributed by atoms with Crippen molar-refractivity contribution in [1.29, 1.82) is 0 Å². The van der Waals surface area contributed by atoms with Gasteiger partial charge in [-0.3, -0.25) is 4.79 Å². The molecule has 0 bridgehead atoms. The van der Waals surface area contributed by atoms with Crippen LogP contribution >= 0.6 is 0 Å². The van der Waals surface area contributed by atoms with Crippen LogP contribution in [-0.2, 0) is 0 Å². The van der Waals surface area contributed by atoms with Gasteiger partial charge in [0.1, 0.15) is 0 Å². The molecule has 0 saturated carbocycles. The average Bonchev–Trinajstić information content (AvgIpc) is 2.37. The quantitative estimate of drug-likeness (QED) is 0.576. The molecule has 0 unspecified atom stereocenters. The zero-order chi connectivity index (χ0) is 13.0. The molecule has 2 aromatic carbocycles. The Bertz CT molecular complexity index is 560. The molecule has 0 radical (unpaired) electrons. The summed E-state index contributed by atoms with van der Waals surface area (Å²) in [5.74, 6) is 0.0643. The molecule has 0 aliphatic heterocycles. The molecule has 2 aromatic rings. The first-order valence-corrected chi connectivity index (χ1v) is 6.02. The highest BCUT2D eigenvalue weighted by atomic mass is 16.1. The second kappa shape index (κ2) is 5.46. The first-order chi connectivity index (χ1) is 8.68. The van der Waals surface area contributed by atoms with Crippen molar-refractivity contribution in [1.82, 2.24) is 0 Å². The number of hydrogen-bond acceptors (Lipinski definition) is 1. The lowest BCUT2D eigenvalue weighted by Crippen LogP contribution is -2.00. The van der Waals surface area contributed by atoms with Crippen molar-refractivity contribution in [2.75, 3.05) is 0 Å². The summed E-state index contributed by atoms with van der Waals surface area (Å²) in [4.78, 5) is 12.2. The third kappa shape index (κ3) is 2.75. The van der Waals surface area contributed by atoms with E-state index in [1.165, 1.54) is 0 Å². The van der Waals surface area contributed by atoms with E-state index < -0.39 is 0 Å². The minimum Gasteiger partial charge on any atom is -0.289 e. The molecular weight excluding hydrogens is 220 g/mol. The molecule has 0 aliphatic rings. The van der Waals surface area contributed by atoms with Crippen LogP contribution in [0.2, 0.25) is 0 Å². The fraction of sp³-hybridized carbons (Fsp3) is 0.118. The molecule has 0 saturated heterocycles. The van der Waals surface area contributed by atoms with Gasteiger partial charge in [0, 0.05) is 5.56 Å². The summed E-state index contributed by atoms with van der Waals surface area (Å²) in [5, 5.41) is 0. The van der Waals surface area contributed by atoms with Crippen LogP contribution in [0.4, 0.5) is 0 Å². The van der Waals surface area contributed by atoms with Crippen molar-refractivity contribution in [3.05, 3.63) is 76.9 Å². The lowest BCUT2D eigenvalue weighted by atomic mass is 9.98. The third-order valence-electron chi connectivity index (χ3n) is 2.95. The van der Waals surface area contributed by atoms with E-state index in [9.17, 15) is 4.79 Å². The fourth-order valence-corrected chi connectivity index (χ4v) is 2.02. The Hall–Kier alpha value is -2.15. The van der Waals surface area contributed by atoms with Crippen LogP contribution in [0.5, 0.6) is 0 Å². The highest BCUT2D eigenvalue weighted by Crippen LogP contribution is 2.15. The number of benzene rings is 2. The van der Waals surface area contributed by atoms with E-state index in [-0.39, 0.29) is 5.78 Å². The van der Waals surface area contributed by atoms with E-state index in [0.29, 0.717) is 0 Å². The van der Waals surface area contributed by atoms with Crippen molar-refractivity contribution in [3.8, 4) is 0 Å². The van der Waals surface area contributed by atoms with Crippen molar-refractivity contribution < 1.29 is 4.79 Å². The van der Waals surface area contributed by atoms with Crippen LogP contribution in [0.1, 0.15) is 27.0 Å². The molecular formula is C17H16O. The van der Waals surface area contributed by atoms with Crippen molar-refractivity contribution in [2.45, 2.75) is 13.8 Å². The van der Waals surface area contributed by atoms with Gasteiger partial charge in [-0.05, 0) is 36.6 Å². The molecule has 0 aromatic heterocycles. The smallest absolute Gasteiger partial charge is 0.186 e. The SMILES string of the molecule is Cc1cccc(C)c1C(=O)/C=C\c1ccccc1. The summed E-state index contributed by atoms with van der Waals surface area (Å²) < 4.78 is 0. The lowest BCUT2D eigenvalue weighted by molar-refractivity contribution is 0.104. The van der Waals surface area contributed by atoms with Gasteiger partial charge in [0.2, 0.25) is 0 Å². The predicted molar refractivity (Wildman–Crippen MR) is 75.7 cm³/mol. The average molecular weight is 236 g/mol. The molecule has 0 spiro atoms. The van der Waals surface area contributed by atoms with Crippen molar-refractivity contribution >= 4 is 11.9 Å². The van der Waals surface area contributed by atoms with Crippen LogP contribution in [0.3, 0.4) is 0 Å². The van der Waals surface area contributed by atoms with Gasteiger partial charge in [0.15, 0.2) is 5.78 Å². The maximum absolute atomic E-state index is 12.2. The Morgan fingerprint density at radius 3 is 2.11 bits per heavy atom. The van der Waals surface area contributed by atoms with E-state index in [4.69, 9.17) is 0 Å². The Morgan fingerprint density at radius 1 is 0.889 bits per heavy atom. The molecule has 0 N–H and O–H groups in total. The van der Waals surface area contributed by atoms with E-state index in [1.807, 2.05) is 68.5 Å². The number of hydrogen-bond donors (Lipinski definition) is 0. The highest BCUT2D eigenvalue weighted by Gasteiger charge is 2.08. The van der Waals surface area contributed by atoms with E-state index in [1.54, 1.807) is 6.08 Å². The Labute approximate surface area is 108 Å². The van der Waals surface area contributed by atoms with Crippen LogP contribution in [0.15, 0.2) is 54.6 Å². The largest absolute Gasteiger partial charge is 0.289 e. The summed E-state index contributed by atoms with van der Waals surface area (Å²) in [7, 11) is 0. The second-order valence-electron chi connectivity index (χ2n) is 4.38.